The van der Waals surface area contributed by atoms with Crippen LogP contribution in [0.15, 0.2) is 36.7 Å². The summed E-state index contributed by atoms with van der Waals surface area (Å²) >= 11 is 12.2. The molecule has 0 radical (unpaired) electrons. The van der Waals surface area contributed by atoms with Crippen molar-refractivity contribution in [3.63, 3.8) is 0 Å². The molecule has 1 aliphatic rings. The van der Waals surface area contributed by atoms with E-state index in [1.165, 1.54) is 6.33 Å². The van der Waals surface area contributed by atoms with Crippen molar-refractivity contribution in [2.24, 2.45) is 0 Å². The number of fused-ring (bicyclic) bond motifs is 1. The average molecular weight is 477 g/mol. The highest BCUT2D eigenvalue weighted by Crippen LogP contribution is 2.35. The number of aromatic nitrogens is 2. The molecule has 0 spiro atoms. The molecule has 1 saturated heterocycles. The van der Waals surface area contributed by atoms with Crippen molar-refractivity contribution in [1.29, 1.82) is 0 Å². The van der Waals surface area contributed by atoms with Crippen LogP contribution in [-0.2, 0) is 4.74 Å². The first-order valence-corrected chi connectivity index (χ1v) is 11.1. The lowest BCUT2D eigenvalue weighted by atomic mass is 10.1. The Bertz CT molecular complexity index is 1100. The fourth-order valence-electron chi connectivity index (χ4n) is 3.73. The van der Waals surface area contributed by atoms with Gasteiger partial charge in [-0.15, -0.1) is 0 Å². The van der Waals surface area contributed by atoms with E-state index >= 15 is 0 Å². The second-order valence-electron chi connectivity index (χ2n) is 7.95. The minimum Gasteiger partial charge on any atom is -0.493 e. The van der Waals surface area contributed by atoms with Crippen LogP contribution in [0.2, 0.25) is 10.0 Å². The summed E-state index contributed by atoms with van der Waals surface area (Å²) in [5.41, 5.74) is 1.49. The molecule has 0 aliphatic carbocycles. The summed E-state index contributed by atoms with van der Waals surface area (Å²) in [5, 5.41) is 5.01. The first-order chi connectivity index (χ1) is 15.4. The van der Waals surface area contributed by atoms with Crippen LogP contribution in [0, 0.1) is 0 Å². The van der Waals surface area contributed by atoms with E-state index < -0.39 is 0 Å². The molecule has 0 amide bonds. The number of morpholine rings is 1. The molecule has 2 aromatic carbocycles. The summed E-state index contributed by atoms with van der Waals surface area (Å²) in [6, 6.07) is 9.40. The highest BCUT2D eigenvalue weighted by molar-refractivity contribution is 6.42. The molecule has 3 aromatic rings. The highest BCUT2D eigenvalue weighted by atomic mass is 35.5. The van der Waals surface area contributed by atoms with E-state index in [1.807, 2.05) is 18.2 Å². The molecular weight excluding hydrogens is 451 g/mol. The molecular formula is C23H26Cl2N4O3. The van der Waals surface area contributed by atoms with Crippen LogP contribution in [0.3, 0.4) is 0 Å². The Kier molecular flexibility index (Phi) is 6.90. The van der Waals surface area contributed by atoms with Crippen molar-refractivity contribution in [2.75, 3.05) is 32.6 Å². The summed E-state index contributed by atoms with van der Waals surface area (Å²) in [5.74, 6) is 1.82. The van der Waals surface area contributed by atoms with Gasteiger partial charge in [0.15, 0.2) is 11.5 Å². The van der Waals surface area contributed by atoms with E-state index in [2.05, 4.69) is 41.1 Å². The predicted molar refractivity (Wildman–Crippen MR) is 128 cm³/mol. The first-order valence-electron chi connectivity index (χ1n) is 10.4. The van der Waals surface area contributed by atoms with E-state index in [1.54, 1.807) is 19.2 Å². The number of nitrogens with one attached hydrogen (secondary N) is 1. The molecule has 1 aliphatic heterocycles. The number of likely N-dealkylation sites (N-methyl/N-ethyl adjacent to an activating group) is 1. The highest BCUT2D eigenvalue weighted by Gasteiger charge is 2.29. The van der Waals surface area contributed by atoms with Crippen LogP contribution in [0.1, 0.15) is 13.8 Å². The van der Waals surface area contributed by atoms with Gasteiger partial charge in [0.05, 0.1) is 28.8 Å². The minimum atomic E-state index is -0.0242. The van der Waals surface area contributed by atoms with Crippen LogP contribution in [0.25, 0.3) is 10.9 Å². The Hall–Kier alpha value is -2.32. The van der Waals surface area contributed by atoms with Gasteiger partial charge in [0, 0.05) is 29.7 Å². The predicted octanol–water partition coefficient (Wildman–Crippen LogP) is 5.18. The monoisotopic (exact) mass is 476 g/mol. The number of halogens is 2. The van der Waals surface area contributed by atoms with Gasteiger partial charge < -0.3 is 19.5 Å². The molecule has 170 valence electrons. The zero-order chi connectivity index (χ0) is 22.8. The lowest BCUT2D eigenvalue weighted by molar-refractivity contribution is -0.111. The summed E-state index contributed by atoms with van der Waals surface area (Å²) in [6.45, 7) is 5.48. The van der Waals surface area contributed by atoms with Gasteiger partial charge in [0.1, 0.15) is 24.9 Å². The lowest BCUT2D eigenvalue weighted by Crippen LogP contribution is -2.52. The maximum atomic E-state index is 6.14. The molecule has 1 aromatic heterocycles. The first kappa shape index (κ1) is 22.9. The van der Waals surface area contributed by atoms with Gasteiger partial charge in [-0.1, -0.05) is 23.2 Å². The number of rotatable bonds is 6. The fourth-order valence-corrected chi connectivity index (χ4v) is 4.03. The summed E-state index contributed by atoms with van der Waals surface area (Å²) in [4.78, 5) is 11.1. The summed E-state index contributed by atoms with van der Waals surface area (Å²) in [6.07, 6.45) is 1.62. The topological polar surface area (TPSA) is 68.7 Å². The van der Waals surface area contributed by atoms with Crippen molar-refractivity contribution in [3.8, 4) is 11.5 Å². The van der Waals surface area contributed by atoms with E-state index in [-0.39, 0.29) is 12.2 Å². The summed E-state index contributed by atoms with van der Waals surface area (Å²) in [7, 11) is 3.71. The van der Waals surface area contributed by atoms with Crippen molar-refractivity contribution >= 4 is 45.6 Å². The number of nitrogens with zero attached hydrogens (tertiary/aromatic N) is 3. The standard InChI is InChI=1S/C23H26Cl2N4O3/c1-13-14(2)32-16(10-29(13)3)11-31-22-9-20-17(8-21(22)30-4)23(27-12-26-20)28-15-5-6-18(24)19(25)7-15/h5-9,12-14,16H,10-11H2,1-4H3,(H,26,27,28)/t13-,14-,16-/m0/s1. The van der Waals surface area contributed by atoms with E-state index in [4.69, 9.17) is 37.4 Å². The number of hydrogen-bond acceptors (Lipinski definition) is 7. The number of methoxy groups -OCH3 is 1. The molecule has 9 heteroatoms. The Morgan fingerprint density at radius 1 is 1.12 bits per heavy atom. The maximum Gasteiger partial charge on any atom is 0.163 e. The zero-order valence-electron chi connectivity index (χ0n) is 18.4. The molecule has 4 rings (SSSR count). The Balaban J connectivity index is 1.57. The van der Waals surface area contributed by atoms with Gasteiger partial charge in [-0.2, -0.15) is 0 Å². The normalized spacial score (nSPS) is 21.5. The van der Waals surface area contributed by atoms with E-state index in [9.17, 15) is 0 Å². The second-order valence-corrected chi connectivity index (χ2v) is 8.77. The van der Waals surface area contributed by atoms with Crippen molar-refractivity contribution < 1.29 is 14.2 Å². The molecule has 2 heterocycles. The SMILES string of the molecule is COc1cc2c(Nc3ccc(Cl)c(Cl)c3)ncnc2cc1OC[C@@H]1CN(C)[C@@H](C)[C@H](C)O1. The molecule has 7 nitrogen and oxygen atoms in total. The summed E-state index contributed by atoms with van der Waals surface area (Å²) < 4.78 is 17.8. The molecule has 0 unspecified atom stereocenters. The average Bonchev–Trinajstić information content (AvgIpc) is 2.78. The largest absolute Gasteiger partial charge is 0.493 e. The number of benzene rings is 2. The van der Waals surface area contributed by atoms with Crippen LogP contribution in [0.4, 0.5) is 11.5 Å². The molecule has 0 saturated carbocycles. The Morgan fingerprint density at radius 3 is 2.66 bits per heavy atom. The van der Waals surface area contributed by atoms with Crippen molar-refractivity contribution in [1.82, 2.24) is 14.9 Å². The van der Waals surface area contributed by atoms with Crippen molar-refractivity contribution in [3.05, 3.63) is 46.7 Å². The van der Waals surface area contributed by atoms with Crippen LogP contribution >= 0.6 is 23.2 Å². The van der Waals surface area contributed by atoms with Crippen LogP contribution < -0.4 is 14.8 Å². The van der Waals surface area contributed by atoms with Gasteiger partial charge in [-0.3, -0.25) is 4.90 Å². The molecule has 3 atom stereocenters. The Morgan fingerprint density at radius 2 is 1.94 bits per heavy atom. The van der Waals surface area contributed by atoms with Crippen molar-refractivity contribution in [2.45, 2.75) is 32.1 Å². The van der Waals surface area contributed by atoms with Gasteiger partial charge in [0.25, 0.3) is 0 Å². The molecule has 1 fully saturated rings. The number of ether oxygens (including phenoxy) is 3. The maximum absolute atomic E-state index is 6.14. The van der Waals surface area contributed by atoms with E-state index in [0.717, 1.165) is 23.1 Å². The molecule has 32 heavy (non-hydrogen) atoms. The zero-order valence-corrected chi connectivity index (χ0v) is 19.9. The third kappa shape index (κ3) is 4.86. The smallest absolute Gasteiger partial charge is 0.163 e. The lowest BCUT2D eigenvalue weighted by Gasteiger charge is -2.39. The van der Waals surface area contributed by atoms with Crippen LogP contribution in [-0.4, -0.2) is 60.4 Å². The third-order valence-corrected chi connectivity index (χ3v) is 6.54. The van der Waals surface area contributed by atoms with Gasteiger partial charge in [-0.25, -0.2) is 9.97 Å². The molecule has 0 bridgehead atoms. The number of hydrogen-bond donors (Lipinski definition) is 1. The van der Waals surface area contributed by atoms with Gasteiger partial charge >= 0.3 is 0 Å². The van der Waals surface area contributed by atoms with Gasteiger partial charge in [0.2, 0.25) is 0 Å². The minimum absolute atomic E-state index is 0.0242. The fraction of sp³-hybridized carbons (Fsp3) is 0.391. The second kappa shape index (κ2) is 9.67. The molecule has 1 N–H and O–H groups in total. The Labute approximate surface area is 197 Å². The van der Waals surface area contributed by atoms with Crippen LogP contribution in [0.5, 0.6) is 11.5 Å². The van der Waals surface area contributed by atoms with Gasteiger partial charge in [-0.05, 0) is 45.2 Å². The third-order valence-electron chi connectivity index (χ3n) is 5.80. The number of anilines is 2. The quantitative estimate of drug-likeness (QED) is 0.525. The van der Waals surface area contributed by atoms with E-state index in [0.29, 0.717) is 40.0 Å².